The molecule has 1 aromatic rings. The molecule has 67 heavy (non-hydrogen) atoms. The number of carboxylic acids is 2. The van der Waals surface area contributed by atoms with Crippen molar-refractivity contribution >= 4 is 73.7 Å². The Bertz CT molecular complexity index is 2050. The van der Waals surface area contributed by atoms with Crippen molar-refractivity contribution in [2.75, 3.05) is 82.8 Å². The van der Waals surface area contributed by atoms with Crippen LogP contribution < -0.4 is 37.5 Å². The summed E-state index contributed by atoms with van der Waals surface area (Å²) in [6, 6.07) is -5.03. The lowest BCUT2D eigenvalue weighted by Crippen LogP contribution is -2.57. The molecule has 0 aliphatic heterocycles. The molecule has 4 amide bonds. The number of carbonyl (C=O) groups excluding carboxylic acids is 4. The van der Waals surface area contributed by atoms with E-state index in [4.69, 9.17) is 40.0 Å². The number of carboxylic acid groups (broad SMARTS) is 2. The minimum absolute atomic E-state index is 0.00437. The van der Waals surface area contributed by atoms with Gasteiger partial charge in [0.2, 0.25) is 33.7 Å². The third kappa shape index (κ3) is 21.6. The van der Waals surface area contributed by atoms with E-state index in [-0.39, 0.29) is 78.1 Å². The van der Waals surface area contributed by atoms with Crippen LogP contribution in [0.2, 0.25) is 0 Å². The van der Waals surface area contributed by atoms with Crippen LogP contribution in [-0.4, -0.2) is 164 Å². The minimum atomic E-state index is -5.15. The first kappa shape index (κ1) is 58.8. The maximum absolute atomic E-state index is 15.6. The first-order valence-electron chi connectivity index (χ1n) is 21.1. The molecule has 1 aliphatic rings. The molecule has 0 saturated heterocycles. The topological polar surface area (TPSA) is 360 Å². The molecule has 29 heteroatoms. The van der Waals surface area contributed by atoms with Crippen molar-refractivity contribution in [1.82, 2.24) is 21.3 Å². The number of nitrogens with one attached hydrogen (secondary N) is 5. The van der Waals surface area contributed by atoms with Gasteiger partial charge in [0.1, 0.15) is 23.0 Å². The normalized spacial score (nSPS) is 15.0. The van der Waals surface area contributed by atoms with Crippen LogP contribution in [0.3, 0.4) is 0 Å². The Hall–Kier alpha value is -4.36. The highest BCUT2D eigenvalue weighted by Crippen LogP contribution is 2.37. The summed E-state index contributed by atoms with van der Waals surface area (Å²) >= 11 is 3.80. The molecule has 23 nitrogen and oxygen atoms in total. The average Bonchev–Trinajstić information content (AvgIpc) is 3.23. The van der Waals surface area contributed by atoms with Gasteiger partial charge in [-0.3, -0.25) is 24.0 Å². The second kappa shape index (κ2) is 30.2. The summed E-state index contributed by atoms with van der Waals surface area (Å²) in [5.74, 6) is -13.9. The lowest BCUT2D eigenvalue weighted by Gasteiger charge is -2.25. The van der Waals surface area contributed by atoms with Gasteiger partial charge in [0.15, 0.2) is 32.2 Å². The number of sulfone groups is 1. The largest absolute Gasteiger partial charge is 0.481 e. The van der Waals surface area contributed by atoms with Crippen LogP contribution in [-0.2, 0) is 67.6 Å². The summed E-state index contributed by atoms with van der Waals surface area (Å²) in [7, 11) is -10.1. The number of thiol groups is 1. The van der Waals surface area contributed by atoms with Gasteiger partial charge < -0.3 is 61.5 Å². The van der Waals surface area contributed by atoms with Gasteiger partial charge in [0.25, 0.3) is 0 Å². The number of hydrogen-bond acceptors (Lipinski definition) is 17. The molecule has 0 heterocycles. The SMILES string of the molecule is NC(CNC(=O)CCOCCOCCOCCOCCNC(=O)CCS(=O)(=O)c1c(F)c(F)c(S(N)(=O)=O)c(F)c1NC1CCCCCCC1)C(=O)NC(CC(=O)O)C(=O)NC(CS)C(=O)O. The van der Waals surface area contributed by atoms with E-state index in [0.717, 1.165) is 19.3 Å². The van der Waals surface area contributed by atoms with E-state index in [1.807, 2.05) is 0 Å². The smallest absolute Gasteiger partial charge is 0.327 e. The predicted molar refractivity (Wildman–Crippen MR) is 234 cm³/mol. The van der Waals surface area contributed by atoms with Crippen molar-refractivity contribution in [2.24, 2.45) is 10.9 Å². The molecular weight excluding hydrogens is 964 g/mol. The lowest BCUT2D eigenvalue weighted by atomic mass is 9.96. The van der Waals surface area contributed by atoms with Crippen molar-refractivity contribution < 1.29 is 87.9 Å². The number of benzene rings is 1. The molecule has 1 saturated carbocycles. The van der Waals surface area contributed by atoms with E-state index in [1.54, 1.807) is 0 Å². The zero-order valence-electron chi connectivity index (χ0n) is 36.5. The van der Waals surface area contributed by atoms with Crippen LogP contribution in [0.15, 0.2) is 9.79 Å². The van der Waals surface area contributed by atoms with Crippen LogP contribution in [0.5, 0.6) is 0 Å². The van der Waals surface area contributed by atoms with Gasteiger partial charge in [0, 0.05) is 37.7 Å². The van der Waals surface area contributed by atoms with Crippen LogP contribution in [0.4, 0.5) is 18.9 Å². The Balaban J connectivity index is 1.61. The molecule has 2 rings (SSSR count). The number of ether oxygens (including phenoxy) is 4. The first-order chi connectivity index (χ1) is 31.6. The van der Waals surface area contributed by atoms with Gasteiger partial charge in [-0.1, -0.05) is 32.1 Å². The Labute approximate surface area is 391 Å². The molecular formula is C38H60F3N7O16S3. The Morgan fingerprint density at radius 2 is 1.19 bits per heavy atom. The van der Waals surface area contributed by atoms with Crippen molar-refractivity contribution in [2.45, 2.75) is 98.2 Å². The lowest BCUT2D eigenvalue weighted by molar-refractivity contribution is -0.143. The molecule has 3 atom stereocenters. The van der Waals surface area contributed by atoms with Crippen molar-refractivity contribution in [1.29, 1.82) is 0 Å². The Kier molecular flexibility index (Phi) is 26.5. The fourth-order valence-corrected chi connectivity index (χ4v) is 8.65. The molecule has 0 bridgehead atoms. The van der Waals surface area contributed by atoms with Crippen LogP contribution in [0.25, 0.3) is 0 Å². The summed E-state index contributed by atoms with van der Waals surface area (Å²) in [5, 5.41) is 34.7. The van der Waals surface area contributed by atoms with Crippen molar-refractivity contribution in [3.8, 4) is 0 Å². The summed E-state index contributed by atoms with van der Waals surface area (Å²) in [4.78, 5) is 68.4. The first-order valence-corrected chi connectivity index (χ1v) is 24.9. The fourth-order valence-electron chi connectivity index (χ4n) is 6.23. The van der Waals surface area contributed by atoms with Gasteiger partial charge in [-0.15, -0.1) is 0 Å². The number of anilines is 1. The molecule has 0 aromatic heterocycles. The maximum atomic E-state index is 15.6. The molecule has 1 fully saturated rings. The molecule has 382 valence electrons. The molecule has 1 aromatic carbocycles. The van der Waals surface area contributed by atoms with Gasteiger partial charge in [-0.25, -0.2) is 39.9 Å². The summed E-state index contributed by atoms with van der Waals surface area (Å²) in [5.41, 5.74) is 4.69. The number of aliphatic carboxylic acids is 2. The molecule has 1 aliphatic carbocycles. The maximum Gasteiger partial charge on any atom is 0.327 e. The molecule has 0 radical (unpaired) electrons. The number of sulfonamides is 1. The number of carbonyl (C=O) groups is 6. The van der Waals surface area contributed by atoms with Gasteiger partial charge in [-0.05, 0) is 12.8 Å². The predicted octanol–water partition coefficient (Wildman–Crippen LogP) is -1.09. The van der Waals surface area contributed by atoms with Crippen LogP contribution in [0, 0.1) is 17.5 Å². The zero-order valence-corrected chi connectivity index (χ0v) is 39.1. The molecule has 0 spiro atoms. The zero-order chi connectivity index (χ0) is 50.2. The monoisotopic (exact) mass is 1020 g/mol. The van der Waals surface area contributed by atoms with E-state index < -0.39 is 131 Å². The fraction of sp³-hybridized carbons (Fsp3) is 0.684. The van der Waals surface area contributed by atoms with E-state index in [9.17, 15) is 50.0 Å². The van der Waals surface area contributed by atoms with E-state index in [2.05, 4.69) is 39.2 Å². The number of nitrogens with two attached hydrogens (primary N) is 2. The van der Waals surface area contributed by atoms with E-state index in [0.29, 0.717) is 25.7 Å². The number of halogens is 3. The summed E-state index contributed by atoms with van der Waals surface area (Å²) in [6.07, 6.45) is 3.16. The highest BCUT2D eigenvalue weighted by molar-refractivity contribution is 7.91. The number of primary sulfonamides is 1. The molecule has 11 N–H and O–H groups in total. The average molecular weight is 1020 g/mol. The highest BCUT2D eigenvalue weighted by atomic mass is 32.2. The van der Waals surface area contributed by atoms with Crippen LogP contribution in [0.1, 0.15) is 64.2 Å². The second-order valence-corrected chi connectivity index (χ2v) is 18.9. The summed E-state index contributed by atoms with van der Waals surface area (Å²) < 4.78 is 118. The van der Waals surface area contributed by atoms with Gasteiger partial charge in [0.05, 0.1) is 70.7 Å². The third-order valence-corrected chi connectivity index (χ3v) is 12.7. The van der Waals surface area contributed by atoms with Crippen LogP contribution >= 0.6 is 12.6 Å². The Morgan fingerprint density at radius 1 is 0.687 bits per heavy atom. The van der Waals surface area contributed by atoms with Crippen molar-refractivity contribution in [3.63, 3.8) is 0 Å². The van der Waals surface area contributed by atoms with Gasteiger partial charge in [-0.2, -0.15) is 12.6 Å². The standard InChI is InChI=1S/C38H60F3N7O16S3/c39-30-31(40)35(33(32(41)34(30)67(43,59)60)46-23-6-4-2-1-3-5-7-23)66(57,58)19-9-28(50)44-10-12-62-14-16-64-18-17-63-15-13-61-11-8-27(49)45-21-24(42)36(53)47-25(20-29(51)52)37(54)48-26(22-65)38(55)56/h23-26,46,65H,1-22,42H2,(H,44,50)(H,45,49)(H,47,53)(H,48,54)(H,51,52)(H,55,56)(H2,43,59,60). The van der Waals surface area contributed by atoms with E-state index >= 15 is 8.78 Å². The number of rotatable bonds is 32. The second-order valence-electron chi connectivity index (χ2n) is 15.0. The summed E-state index contributed by atoms with van der Waals surface area (Å²) in [6.45, 7) is 0.468. The quantitative estimate of drug-likeness (QED) is 0.0233. The van der Waals surface area contributed by atoms with Gasteiger partial charge >= 0.3 is 11.9 Å². The Morgan fingerprint density at radius 3 is 1.73 bits per heavy atom. The molecule has 3 unspecified atom stereocenters. The number of amides is 4. The van der Waals surface area contributed by atoms with Crippen molar-refractivity contribution in [3.05, 3.63) is 17.5 Å². The third-order valence-electron chi connectivity index (χ3n) is 9.71. The minimum Gasteiger partial charge on any atom is -0.481 e. The van der Waals surface area contributed by atoms with E-state index in [1.165, 1.54) is 0 Å². The number of hydrogen-bond donors (Lipinski definition) is 10. The highest BCUT2D eigenvalue weighted by Gasteiger charge is 2.37.